The molecule has 2 aromatic rings. The van der Waals surface area contributed by atoms with Crippen molar-refractivity contribution in [3.05, 3.63) is 47.0 Å². The first-order valence-electron chi connectivity index (χ1n) is 9.93. The molecule has 10 heteroatoms. The lowest BCUT2D eigenvalue weighted by Gasteiger charge is -2.23. The SMILES string of the molecule is COc1ccc(N(CCCC(=O)NC(C)c2ccc(OC)c(OC)c2)S(C)(=O)=O)cc1Cl. The van der Waals surface area contributed by atoms with Crippen LogP contribution in [0.1, 0.15) is 31.4 Å². The van der Waals surface area contributed by atoms with Crippen LogP contribution in [-0.4, -0.2) is 48.5 Å². The molecule has 32 heavy (non-hydrogen) atoms. The van der Waals surface area contributed by atoms with Crippen molar-refractivity contribution in [1.82, 2.24) is 5.32 Å². The fraction of sp³-hybridized carbons (Fsp3) is 0.409. The predicted molar refractivity (Wildman–Crippen MR) is 126 cm³/mol. The van der Waals surface area contributed by atoms with Crippen LogP contribution in [0.4, 0.5) is 5.69 Å². The second-order valence-electron chi connectivity index (χ2n) is 7.16. The first kappa shape index (κ1) is 25.6. The molecule has 0 saturated carbocycles. The third kappa shape index (κ3) is 6.67. The van der Waals surface area contributed by atoms with Crippen molar-refractivity contribution in [3.8, 4) is 17.2 Å². The summed E-state index contributed by atoms with van der Waals surface area (Å²) in [4.78, 5) is 12.4. The Balaban J connectivity index is 1.99. The van der Waals surface area contributed by atoms with Gasteiger partial charge in [0.05, 0.1) is 44.3 Å². The van der Waals surface area contributed by atoms with Crippen molar-refractivity contribution < 1.29 is 27.4 Å². The molecule has 0 radical (unpaired) electrons. The number of nitrogens with zero attached hydrogens (tertiary/aromatic N) is 1. The van der Waals surface area contributed by atoms with Gasteiger partial charge in [0.15, 0.2) is 11.5 Å². The number of sulfonamides is 1. The number of ether oxygens (including phenoxy) is 3. The van der Waals surface area contributed by atoms with Crippen molar-refractivity contribution in [2.24, 2.45) is 0 Å². The molecule has 8 nitrogen and oxygen atoms in total. The Labute approximate surface area is 194 Å². The summed E-state index contributed by atoms with van der Waals surface area (Å²) in [7, 11) is 1.03. The fourth-order valence-electron chi connectivity index (χ4n) is 3.20. The van der Waals surface area contributed by atoms with Gasteiger partial charge in [0.25, 0.3) is 0 Å². The van der Waals surface area contributed by atoms with E-state index in [4.69, 9.17) is 25.8 Å². The van der Waals surface area contributed by atoms with Gasteiger partial charge < -0.3 is 19.5 Å². The molecule has 0 aliphatic rings. The average molecular weight is 485 g/mol. The van der Waals surface area contributed by atoms with E-state index in [1.54, 1.807) is 32.4 Å². The summed E-state index contributed by atoms with van der Waals surface area (Å²) >= 11 is 6.14. The molecule has 0 bridgehead atoms. The molecule has 1 amide bonds. The molecule has 1 unspecified atom stereocenters. The van der Waals surface area contributed by atoms with Crippen molar-refractivity contribution in [2.45, 2.75) is 25.8 Å². The van der Waals surface area contributed by atoms with Crippen LogP contribution in [0.2, 0.25) is 5.02 Å². The van der Waals surface area contributed by atoms with E-state index in [1.807, 2.05) is 19.1 Å². The second kappa shape index (κ2) is 11.3. The zero-order valence-electron chi connectivity index (χ0n) is 18.8. The van der Waals surface area contributed by atoms with E-state index < -0.39 is 10.0 Å². The standard InChI is InChI=1S/C22H29ClN2O6S/c1-15(16-8-10-20(30-3)21(13-16)31-4)24-22(26)7-6-12-25(32(5,27)28)17-9-11-19(29-2)18(23)14-17/h8-11,13-15H,6-7,12H2,1-5H3,(H,24,26). The van der Waals surface area contributed by atoms with Crippen molar-refractivity contribution in [3.63, 3.8) is 0 Å². The lowest BCUT2D eigenvalue weighted by Crippen LogP contribution is -2.32. The van der Waals surface area contributed by atoms with Gasteiger partial charge in [-0.05, 0) is 49.2 Å². The van der Waals surface area contributed by atoms with Crippen LogP contribution >= 0.6 is 11.6 Å². The highest BCUT2D eigenvalue weighted by Gasteiger charge is 2.19. The lowest BCUT2D eigenvalue weighted by molar-refractivity contribution is -0.121. The molecule has 0 heterocycles. The number of carbonyl (C=O) groups excluding carboxylic acids is 1. The molecule has 2 rings (SSSR count). The van der Waals surface area contributed by atoms with Crippen molar-refractivity contribution >= 4 is 33.2 Å². The average Bonchev–Trinajstić information content (AvgIpc) is 2.75. The Morgan fingerprint density at radius 2 is 1.66 bits per heavy atom. The first-order chi connectivity index (χ1) is 15.1. The maximum absolute atomic E-state index is 12.4. The van der Waals surface area contributed by atoms with E-state index in [1.165, 1.54) is 17.5 Å². The monoisotopic (exact) mass is 484 g/mol. The van der Waals surface area contributed by atoms with Crippen molar-refractivity contribution in [1.29, 1.82) is 0 Å². The van der Waals surface area contributed by atoms with E-state index in [2.05, 4.69) is 5.32 Å². The number of methoxy groups -OCH3 is 3. The van der Waals surface area contributed by atoms with E-state index in [0.29, 0.717) is 34.4 Å². The molecule has 1 atom stereocenters. The molecule has 0 aliphatic carbocycles. The van der Waals surface area contributed by atoms with E-state index >= 15 is 0 Å². The number of hydrogen-bond donors (Lipinski definition) is 1. The molecule has 0 saturated heterocycles. The van der Waals surface area contributed by atoms with E-state index in [-0.39, 0.29) is 24.9 Å². The number of hydrogen-bond acceptors (Lipinski definition) is 6. The minimum absolute atomic E-state index is 0.139. The number of amides is 1. The molecule has 0 aromatic heterocycles. The minimum Gasteiger partial charge on any atom is -0.495 e. The topological polar surface area (TPSA) is 94.2 Å². The number of carbonyl (C=O) groups is 1. The number of anilines is 1. The molecular weight excluding hydrogens is 456 g/mol. The predicted octanol–water partition coefficient (Wildman–Crippen LogP) is 3.79. The summed E-state index contributed by atoms with van der Waals surface area (Å²) in [6, 6.07) is 9.93. The Morgan fingerprint density at radius 1 is 1.03 bits per heavy atom. The number of nitrogens with one attached hydrogen (secondary N) is 1. The van der Waals surface area contributed by atoms with E-state index in [9.17, 15) is 13.2 Å². The van der Waals surface area contributed by atoms with Crippen LogP contribution in [-0.2, 0) is 14.8 Å². The maximum atomic E-state index is 12.4. The molecular formula is C22H29ClN2O6S. The fourth-order valence-corrected chi connectivity index (χ4v) is 4.41. The Morgan fingerprint density at radius 3 is 2.22 bits per heavy atom. The first-order valence-corrected chi connectivity index (χ1v) is 12.2. The number of benzene rings is 2. The normalized spacial score (nSPS) is 12.1. The van der Waals surface area contributed by atoms with Crippen LogP contribution < -0.4 is 23.8 Å². The van der Waals surface area contributed by atoms with Gasteiger partial charge in [-0.3, -0.25) is 9.10 Å². The molecule has 0 fully saturated rings. The molecule has 0 spiro atoms. The van der Waals surface area contributed by atoms with Crippen LogP contribution in [0.3, 0.4) is 0 Å². The molecule has 176 valence electrons. The zero-order chi connectivity index (χ0) is 23.9. The van der Waals surface area contributed by atoms with Gasteiger partial charge in [0.1, 0.15) is 5.75 Å². The van der Waals surface area contributed by atoms with Gasteiger partial charge in [-0.1, -0.05) is 17.7 Å². The van der Waals surface area contributed by atoms with Gasteiger partial charge in [0, 0.05) is 13.0 Å². The summed E-state index contributed by atoms with van der Waals surface area (Å²) in [5.41, 5.74) is 1.28. The summed E-state index contributed by atoms with van der Waals surface area (Å²) < 4.78 is 41.4. The van der Waals surface area contributed by atoms with Crippen LogP contribution in [0.25, 0.3) is 0 Å². The minimum atomic E-state index is -3.56. The number of halogens is 1. The largest absolute Gasteiger partial charge is 0.495 e. The van der Waals surface area contributed by atoms with Gasteiger partial charge in [0.2, 0.25) is 15.9 Å². The van der Waals surface area contributed by atoms with Gasteiger partial charge in [-0.2, -0.15) is 0 Å². The van der Waals surface area contributed by atoms with Crippen molar-refractivity contribution in [2.75, 3.05) is 38.4 Å². The highest BCUT2D eigenvalue weighted by Crippen LogP contribution is 2.31. The third-order valence-corrected chi connectivity index (χ3v) is 6.36. The highest BCUT2D eigenvalue weighted by molar-refractivity contribution is 7.92. The van der Waals surface area contributed by atoms with E-state index in [0.717, 1.165) is 11.8 Å². The van der Waals surface area contributed by atoms with Gasteiger partial charge in [-0.25, -0.2) is 8.42 Å². The zero-order valence-corrected chi connectivity index (χ0v) is 20.4. The van der Waals surface area contributed by atoms with Crippen LogP contribution in [0.15, 0.2) is 36.4 Å². The summed E-state index contributed by atoms with van der Waals surface area (Å²) in [6.45, 7) is 2.00. The van der Waals surface area contributed by atoms with Gasteiger partial charge in [-0.15, -0.1) is 0 Å². The lowest BCUT2D eigenvalue weighted by atomic mass is 10.1. The Kier molecular flexibility index (Phi) is 9.03. The maximum Gasteiger partial charge on any atom is 0.232 e. The Hall–Kier alpha value is -2.65. The summed E-state index contributed by atoms with van der Waals surface area (Å²) in [5, 5.41) is 3.23. The molecule has 2 aromatic carbocycles. The highest BCUT2D eigenvalue weighted by atomic mass is 35.5. The smallest absolute Gasteiger partial charge is 0.232 e. The number of rotatable bonds is 11. The van der Waals surface area contributed by atoms with Crippen LogP contribution in [0.5, 0.6) is 17.2 Å². The summed E-state index contributed by atoms with van der Waals surface area (Å²) in [6.07, 6.45) is 1.61. The van der Waals surface area contributed by atoms with Gasteiger partial charge >= 0.3 is 0 Å². The third-order valence-electron chi connectivity index (χ3n) is 4.87. The quantitative estimate of drug-likeness (QED) is 0.521. The second-order valence-corrected chi connectivity index (χ2v) is 9.48. The van der Waals surface area contributed by atoms with Crippen LogP contribution in [0, 0.1) is 0 Å². The Bertz CT molecular complexity index is 1040. The molecule has 0 aliphatic heterocycles. The molecule has 1 N–H and O–H groups in total. The summed E-state index contributed by atoms with van der Waals surface area (Å²) in [5.74, 6) is 1.45.